The largest absolute Gasteiger partial charge is 0.360 e. The monoisotopic (exact) mass is 284 g/mol. The van der Waals surface area contributed by atoms with Crippen LogP contribution in [0.25, 0.3) is 0 Å². The molecular weight excluding hydrogens is 268 g/mol. The van der Waals surface area contributed by atoms with Crippen LogP contribution < -0.4 is 10.2 Å². The van der Waals surface area contributed by atoms with Gasteiger partial charge in [0, 0.05) is 31.3 Å². The summed E-state index contributed by atoms with van der Waals surface area (Å²) in [5, 5.41) is 6.83. The number of rotatable bonds is 4. The summed E-state index contributed by atoms with van der Waals surface area (Å²) in [6.45, 7) is 1.55. The first-order valence-corrected chi connectivity index (χ1v) is 7.23. The molecule has 0 aromatic carbocycles. The third kappa shape index (κ3) is 2.49. The van der Waals surface area contributed by atoms with Gasteiger partial charge < -0.3 is 14.7 Å². The Balaban J connectivity index is 1.32. The number of hydrogen-bond donors (Lipinski definition) is 1. The highest BCUT2D eigenvalue weighted by Gasteiger charge is 2.31. The minimum Gasteiger partial charge on any atom is -0.360 e. The number of carbonyl (C=O) groups is 1. The molecule has 3 heterocycles. The SMILES string of the molecule is O=C(NC1CN(c2ccccn2)C1)c1cc(C2CC2)on1. The van der Waals surface area contributed by atoms with Crippen molar-refractivity contribution < 1.29 is 9.32 Å². The second-order valence-electron chi connectivity index (χ2n) is 5.65. The van der Waals surface area contributed by atoms with Crippen molar-refractivity contribution in [2.45, 2.75) is 24.8 Å². The van der Waals surface area contributed by atoms with E-state index in [-0.39, 0.29) is 11.9 Å². The van der Waals surface area contributed by atoms with Crippen LogP contribution >= 0.6 is 0 Å². The van der Waals surface area contributed by atoms with Crippen LogP contribution in [0.2, 0.25) is 0 Å². The summed E-state index contributed by atoms with van der Waals surface area (Å²) in [5.74, 6) is 2.10. The molecule has 0 atom stereocenters. The number of nitrogens with zero attached hydrogens (tertiary/aromatic N) is 3. The van der Waals surface area contributed by atoms with Gasteiger partial charge in [0.15, 0.2) is 5.69 Å². The van der Waals surface area contributed by atoms with E-state index < -0.39 is 0 Å². The molecule has 1 aliphatic heterocycles. The average Bonchev–Trinajstić information content (AvgIpc) is 3.20. The molecule has 0 bridgehead atoms. The van der Waals surface area contributed by atoms with Crippen LogP contribution in [0.3, 0.4) is 0 Å². The number of nitrogens with one attached hydrogen (secondary N) is 1. The summed E-state index contributed by atoms with van der Waals surface area (Å²) in [7, 11) is 0. The first kappa shape index (κ1) is 12.4. The second kappa shape index (κ2) is 4.87. The second-order valence-corrected chi connectivity index (χ2v) is 5.65. The summed E-state index contributed by atoms with van der Waals surface area (Å²) in [6, 6.07) is 7.73. The first-order valence-electron chi connectivity index (χ1n) is 7.23. The topological polar surface area (TPSA) is 71.3 Å². The lowest BCUT2D eigenvalue weighted by Gasteiger charge is -2.40. The molecule has 21 heavy (non-hydrogen) atoms. The van der Waals surface area contributed by atoms with Gasteiger partial charge in [0.05, 0.1) is 6.04 Å². The third-order valence-corrected chi connectivity index (χ3v) is 3.93. The first-order chi connectivity index (χ1) is 10.3. The maximum atomic E-state index is 12.1. The predicted molar refractivity (Wildman–Crippen MR) is 76.2 cm³/mol. The van der Waals surface area contributed by atoms with E-state index >= 15 is 0 Å². The fourth-order valence-electron chi connectivity index (χ4n) is 2.51. The molecule has 2 fully saturated rings. The minimum absolute atomic E-state index is 0.139. The van der Waals surface area contributed by atoms with Crippen molar-refractivity contribution in [3.63, 3.8) is 0 Å². The lowest BCUT2D eigenvalue weighted by Crippen LogP contribution is -2.59. The molecule has 108 valence electrons. The van der Waals surface area contributed by atoms with Gasteiger partial charge in [-0.2, -0.15) is 0 Å². The average molecular weight is 284 g/mol. The minimum atomic E-state index is -0.156. The Bertz CT molecular complexity index is 645. The fraction of sp³-hybridized carbons (Fsp3) is 0.400. The Hall–Kier alpha value is -2.37. The lowest BCUT2D eigenvalue weighted by atomic mass is 10.1. The summed E-state index contributed by atoms with van der Waals surface area (Å²) in [6.07, 6.45) is 4.05. The number of anilines is 1. The lowest BCUT2D eigenvalue weighted by molar-refractivity contribution is 0.0921. The van der Waals surface area contributed by atoms with Crippen LogP contribution in [0, 0.1) is 0 Å². The van der Waals surface area contributed by atoms with Crippen molar-refractivity contribution in [1.29, 1.82) is 0 Å². The van der Waals surface area contributed by atoms with Crippen molar-refractivity contribution in [3.05, 3.63) is 41.9 Å². The van der Waals surface area contributed by atoms with E-state index in [0.29, 0.717) is 11.6 Å². The zero-order valence-corrected chi connectivity index (χ0v) is 11.5. The van der Waals surface area contributed by atoms with Gasteiger partial charge in [0.2, 0.25) is 0 Å². The van der Waals surface area contributed by atoms with Gasteiger partial charge in [-0.3, -0.25) is 4.79 Å². The van der Waals surface area contributed by atoms with Crippen LogP contribution in [-0.2, 0) is 0 Å². The number of carbonyl (C=O) groups excluding carboxylic acids is 1. The van der Waals surface area contributed by atoms with Gasteiger partial charge in [-0.1, -0.05) is 11.2 Å². The molecule has 2 aromatic rings. The molecule has 1 N–H and O–H groups in total. The molecule has 6 heteroatoms. The van der Waals surface area contributed by atoms with Gasteiger partial charge in [-0.05, 0) is 25.0 Å². The highest BCUT2D eigenvalue weighted by Crippen LogP contribution is 2.40. The Kier molecular flexibility index (Phi) is 2.87. The molecule has 1 saturated carbocycles. The molecule has 0 radical (unpaired) electrons. The summed E-state index contributed by atoms with van der Waals surface area (Å²) >= 11 is 0. The molecular formula is C15H16N4O2. The molecule has 0 spiro atoms. The Morgan fingerprint density at radius 3 is 2.90 bits per heavy atom. The van der Waals surface area contributed by atoms with Gasteiger partial charge in [-0.15, -0.1) is 0 Å². The van der Waals surface area contributed by atoms with Gasteiger partial charge in [0.1, 0.15) is 11.6 Å². The van der Waals surface area contributed by atoms with E-state index in [4.69, 9.17) is 4.52 Å². The van der Waals surface area contributed by atoms with Crippen molar-refractivity contribution in [2.24, 2.45) is 0 Å². The molecule has 6 nitrogen and oxygen atoms in total. The maximum absolute atomic E-state index is 12.1. The van der Waals surface area contributed by atoms with E-state index in [2.05, 4.69) is 20.4 Å². The zero-order chi connectivity index (χ0) is 14.2. The highest BCUT2D eigenvalue weighted by atomic mass is 16.5. The van der Waals surface area contributed by atoms with Crippen LogP contribution in [0.15, 0.2) is 35.0 Å². The van der Waals surface area contributed by atoms with Gasteiger partial charge in [-0.25, -0.2) is 4.98 Å². The van der Waals surface area contributed by atoms with Crippen LogP contribution in [0.1, 0.15) is 35.0 Å². The zero-order valence-electron chi connectivity index (χ0n) is 11.5. The Morgan fingerprint density at radius 1 is 1.33 bits per heavy atom. The highest BCUT2D eigenvalue weighted by molar-refractivity contribution is 5.92. The van der Waals surface area contributed by atoms with Crippen LogP contribution in [0.5, 0.6) is 0 Å². The van der Waals surface area contributed by atoms with Crippen molar-refractivity contribution in [2.75, 3.05) is 18.0 Å². The molecule has 1 amide bonds. The van der Waals surface area contributed by atoms with Crippen LogP contribution in [0.4, 0.5) is 5.82 Å². The fourth-order valence-corrected chi connectivity index (χ4v) is 2.51. The van der Waals surface area contributed by atoms with E-state index in [9.17, 15) is 4.79 Å². The maximum Gasteiger partial charge on any atom is 0.273 e. The van der Waals surface area contributed by atoms with E-state index in [1.165, 1.54) is 0 Å². The Labute approximate surface area is 122 Å². The van der Waals surface area contributed by atoms with Gasteiger partial charge >= 0.3 is 0 Å². The molecule has 2 aromatic heterocycles. The summed E-state index contributed by atoms with van der Waals surface area (Å²) in [5.41, 5.74) is 0.383. The third-order valence-electron chi connectivity index (χ3n) is 3.93. The van der Waals surface area contributed by atoms with E-state index in [0.717, 1.165) is 37.5 Å². The molecule has 1 aliphatic carbocycles. The normalized spacial score (nSPS) is 18.4. The van der Waals surface area contributed by atoms with Crippen molar-refractivity contribution in [1.82, 2.24) is 15.5 Å². The van der Waals surface area contributed by atoms with E-state index in [1.54, 1.807) is 12.3 Å². The van der Waals surface area contributed by atoms with Crippen molar-refractivity contribution >= 4 is 11.7 Å². The predicted octanol–water partition coefficient (Wildman–Crippen LogP) is 1.57. The molecule has 2 aliphatic rings. The van der Waals surface area contributed by atoms with Gasteiger partial charge in [0.25, 0.3) is 5.91 Å². The number of amides is 1. The molecule has 0 unspecified atom stereocenters. The summed E-state index contributed by atoms with van der Waals surface area (Å²) < 4.78 is 5.20. The number of hydrogen-bond acceptors (Lipinski definition) is 5. The standard InChI is InChI=1S/C15H16N4O2/c20-15(12-7-13(21-18-12)10-4-5-10)17-11-8-19(9-11)14-3-1-2-6-16-14/h1-3,6-7,10-11H,4-5,8-9H2,(H,17,20). The smallest absolute Gasteiger partial charge is 0.273 e. The van der Waals surface area contributed by atoms with Crippen LogP contribution in [-0.4, -0.2) is 35.2 Å². The number of pyridine rings is 1. The molecule has 4 rings (SSSR count). The quantitative estimate of drug-likeness (QED) is 0.922. The van der Waals surface area contributed by atoms with E-state index in [1.807, 2.05) is 18.2 Å². The Morgan fingerprint density at radius 2 is 2.19 bits per heavy atom. The summed E-state index contributed by atoms with van der Waals surface area (Å²) in [4.78, 5) is 18.5. The molecule has 1 saturated heterocycles. The van der Waals surface area contributed by atoms with Crippen molar-refractivity contribution in [3.8, 4) is 0 Å². The number of aromatic nitrogens is 2.